The molecule has 0 aliphatic carbocycles. The number of rotatable bonds is 5. The molecule has 1 unspecified atom stereocenters. The SMILES string of the molecule is c1ccc(C2=NC(c3ccc(-c4ccccc4)cc3)NC(c3ccc(-n4c5ccccc5c5ccc6c7ccccc7oc6c54)nc3)=N2)cc1. The second kappa shape index (κ2) is 11.4. The molecule has 4 heterocycles. The Labute approximate surface area is 287 Å². The van der Waals surface area contributed by atoms with E-state index < -0.39 is 0 Å². The number of benzene rings is 6. The van der Waals surface area contributed by atoms with E-state index in [0.717, 1.165) is 77.7 Å². The highest BCUT2D eigenvalue weighted by molar-refractivity contribution is 6.21. The number of aromatic nitrogens is 2. The Bertz CT molecular complexity index is 2760. The normalized spacial score (nSPS) is 14.6. The Morgan fingerprint density at radius 2 is 1.20 bits per heavy atom. The fraction of sp³-hybridized carbons (Fsp3) is 0.0227. The van der Waals surface area contributed by atoms with Crippen LogP contribution in [0, 0.1) is 0 Å². The van der Waals surface area contributed by atoms with Crippen LogP contribution in [0.15, 0.2) is 178 Å². The molecule has 50 heavy (non-hydrogen) atoms. The highest BCUT2D eigenvalue weighted by Crippen LogP contribution is 2.39. The summed E-state index contributed by atoms with van der Waals surface area (Å²) in [5, 5.41) is 8.07. The quantitative estimate of drug-likeness (QED) is 0.203. The fourth-order valence-electron chi connectivity index (χ4n) is 7.10. The molecular formula is C44H29N5O. The molecule has 3 aromatic heterocycles. The number of hydrogen-bond acceptors (Lipinski definition) is 5. The van der Waals surface area contributed by atoms with Crippen LogP contribution in [0.3, 0.4) is 0 Å². The fourth-order valence-corrected chi connectivity index (χ4v) is 7.10. The summed E-state index contributed by atoms with van der Waals surface area (Å²) in [6, 6.07) is 54.3. The molecule has 6 nitrogen and oxygen atoms in total. The minimum atomic E-state index is -0.319. The zero-order valence-corrected chi connectivity index (χ0v) is 26.9. The third kappa shape index (κ3) is 4.61. The van der Waals surface area contributed by atoms with Gasteiger partial charge in [0.15, 0.2) is 11.4 Å². The first-order valence-corrected chi connectivity index (χ1v) is 16.7. The molecule has 1 aliphatic heterocycles. The van der Waals surface area contributed by atoms with Crippen molar-refractivity contribution >= 4 is 55.4 Å². The third-order valence-electron chi connectivity index (χ3n) is 9.54. The molecule has 236 valence electrons. The summed E-state index contributed by atoms with van der Waals surface area (Å²) in [5.74, 6) is 2.20. The van der Waals surface area contributed by atoms with E-state index in [9.17, 15) is 0 Å². The van der Waals surface area contributed by atoms with Crippen LogP contribution < -0.4 is 5.32 Å². The number of furan rings is 1. The molecule has 1 atom stereocenters. The summed E-state index contributed by atoms with van der Waals surface area (Å²) in [4.78, 5) is 15.1. The van der Waals surface area contributed by atoms with Crippen molar-refractivity contribution in [3.05, 3.63) is 181 Å². The first-order chi connectivity index (χ1) is 24.8. The van der Waals surface area contributed by atoms with Gasteiger partial charge in [-0.15, -0.1) is 0 Å². The molecule has 1 aliphatic rings. The standard InChI is InChI=1S/C44H29N5O/c1-3-11-28(12-4-1)29-19-21-31(22-20-29)43-46-42(30-13-5-2-6-14-30)47-44(48-43)32-23-26-39(45-27-32)49-37-17-9-7-15-33(37)35-24-25-36-34-16-8-10-18-38(34)50-41(36)40(35)49/h1-27,43H,(H,46,47,48). The number of nitrogens with one attached hydrogen (secondary N) is 1. The molecular weight excluding hydrogens is 615 g/mol. The Balaban J connectivity index is 1.07. The van der Waals surface area contributed by atoms with Crippen LogP contribution in [0.2, 0.25) is 0 Å². The van der Waals surface area contributed by atoms with Gasteiger partial charge in [-0.1, -0.05) is 127 Å². The van der Waals surface area contributed by atoms with Crippen molar-refractivity contribution < 1.29 is 4.42 Å². The molecule has 0 bridgehead atoms. The van der Waals surface area contributed by atoms with E-state index in [0.29, 0.717) is 5.84 Å². The van der Waals surface area contributed by atoms with Gasteiger partial charge in [-0.25, -0.2) is 15.0 Å². The smallest absolute Gasteiger partial charge is 0.160 e. The summed E-state index contributed by atoms with van der Waals surface area (Å²) in [7, 11) is 0. The van der Waals surface area contributed by atoms with Crippen LogP contribution in [0.4, 0.5) is 0 Å². The molecule has 0 fully saturated rings. The molecule has 0 radical (unpaired) electrons. The van der Waals surface area contributed by atoms with Gasteiger partial charge in [-0.05, 0) is 47.0 Å². The van der Waals surface area contributed by atoms with Gasteiger partial charge < -0.3 is 9.73 Å². The summed E-state index contributed by atoms with van der Waals surface area (Å²) in [5.41, 5.74) is 9.03. The molecule has 1 N–H and O–H groups in total. The van der Waals surface area contributed by atoms with Crippen molar-refractivity contribution in [1.29, 1.82) is 0 Å². The number of nitrogens with zero attached hydrogens (tertiary/aromatic N) is 4. The van der Waals surface area contributed by atoms with Gasteiger partial charge in [-0.2, -0.15) is 0 Å². The van der Waals surface area contributed by atoms with Crippen LogP contribution in [0.25, 0.3) is 60.7 Å². The van der Waals surface area contributed by atoms with E-state index in [-0.39, 0.29) is 6.17 Å². The Morgan fingerprint density at radius 3 is 1.98 bits per heavy atom. The summed E-state index contributed by atoms with van der Waals surface area (Å²) in [6.45, 7) is 0. The van der Waals surface area contributed by atoms with E-state index in [1.54, 1.807) is 0 Å². The Kier molecular flexibility index (Phi) is 6.45. The topological polar surface area (TPSA) is 67.7 Å². The third-order valence-corrected chi connectivity index (χ3v) is 9.54. The van der Waals surface area contributed by atoms with Crippen molar-refractivity contribution in [1.82, 2.24) is 14.9 Å². The maximum absolute atomic E-state index is 6.53. The zero-order chi connectivity index (χ0) is 33.0. The van der Waals surface area contributed by atoms with Crippen molar-refractivity contribution in [2.75, 3.05) is 0 Å². The predicted octanol–water partition coefficient (Wildman–Crippen LogP) is 10.2. The zero-order valence-electron chi connectivity index (χ0n) is 26.9. The minimum absolute atomic E-state index is 0.319. The van der Waals surface area contributed by atoms with E-state index in [2.05, 4.69) is 119 Å². The highest BCUT2D eigenvalue weighted by Gasteiger charge is 2.23. The Hall–Kier alpha value is -6.79. The first-order valence-electron chi connectivity index (χ1n) is 16.7. The average molecular weight is 644 g/mol. The van der Waals surface area contributed by atoms with E-state index in [1.807, 2.05) is 54.7 Å². The van der Waals surface area contributed by atoms with Crippen molar-refractivity contribution in [3.63, 3.8) is 0 Å². The number of hydrogen-bond donors (Lipinski definition) is 1. The van der Waals surface area contributed by atoms with Crippen molar-refractivity contribution in [2.45, 2.75) is 6.17 Å². The highest BCUT2D eigenvalue weighted by atomic mass is 16.3. The largest absolute Gasteiger partial charge is 0.454 e. The monoisotopic (exact) mass is 643 g/mol. The summed E-state index contributed by atoms with van der Waals surface area (Å²) < 4.78 is 8.74. The molecule has 6 aromatic carbocycles. The van der Waals surface area contributed by atoms with E-state index in [1.165, 1.54) is 5.56 Å². The van der Waals surface area contributed by atoms with E-state index in [4.69, 9.17) is 19.4 Å². The van der Waals surface area contributed by atoms with Gasteiger partial charge in [0.05, 0.1) is 11.0 Å². The molecule has 10 rings (SSSR count). The van der Waals surface area contributed by atoms with Crippen LogP contribution in [0.1, 0.15) is 22.9 Å². The number of amidine groups is 2. The second-order valence-electron chi connectivity index (χ2n) is 12.5. The second-order valence-corrected chi connectivity index (χ2v) is 12.5. The van der Waals surface area contributed by atoms with Gasteiger partial charge >= 0.3 is 0 Å². The number of fused-ring (bicyclic) bond motifs is 7. The summed E-state index contributed by atoms with van der Waals surface area (Å²) in [6.07, 6.45) is 1.57. The molecule has 6 heteroatoms. The predicted molar refractivity (Wildman–Crippen MR) is 203 cm³/mol. The van der Waals surface area contributed by atoms with Crippen molar-refractivity contribution in [2.24, 2.45) is 9.98 Å². The van der Waals surface area contributed by atoms with Crippen LogP contribution >= 0.6 is 0 Å². The number of pyridine rings is 1. The lowest BCUT2D eigenvalue weighted by atomic mass is 10.0. The Morgan fingerprint density at radius 1 is 0.540 bits per heavy atom. The van der Waals surface area contributed by atoms with Gasteiger partial charge in [-0.3, -0.25) is 4.57 Å². The minimum Gasteiger partial charge on any atom is -0.454 e. The molecule has 0 saturated heterocycles. The first kappa shape index (κ1) is 28.2. The maximum atomic E-state index is 6.53. The van der Waals surface area contributed by atoms with Gasteiger partial charge in [0.1, 0.15) is 23.4 Å². The number of aliphatic imine (C=N–C) groups is 2. The molecule has 0 spiro atoms. The molecule has 0 saturated carbocycles. The van der Waals surface area contributed by atoms with Crippen LogP contribution in [-0.4, -0.2) is 21.2 Å². The lowest BCUT2D eigenvalue weighted by Gasteiger charge is -2.24. The van der Waals surface area contributed by atoms with Gasteiger partial charge in [0.2, 0.25) is 0 Å². The van der Waals surface area contributed by atoms with Gasteiger partial charge in [0, 0.05) is 38.9 Å². The summed E-state index contributed by atoms with van der Waals surface area (Å²) >= 11 is 0. The number of para-hydroxylation sites is 2. The van der Waals surface area contributed by atoms with Gasteiger partial charge in [0.25, 0.3) is 0 Å². The van der Waals surface area contributed by atoms with Crippen LogP contribution in [-0.2, 0) is 0 Å². The lowest BCUT2D eigenvalue weighted by Crippen LogP contribution is -2.33. The maximum Gasteiger partial charge on any atom is 0.160 e. The lowest BCUT2D eigenvalue weighted by molar-refractivity contribution is 0.671. The average Bonchev–Trinajstić information content (AvgIpc) is 3.75. The van der Waals surface area contributed by atoms with E-state index >= 15 is 0 Å². The van der Waals surface area contributed by atoms with Crippen LogP contribution in [0.5, 0.6) is 0 Å². The molecule has 9 aromatic rings. The van der Waals surface area contributed by atoms with Crippen molar-refractivity contribution in [3.8, 4) is 16.9 Å². The molecule has 0 amide bonds.